The van der Waals surface area contributed by atoms with E-state index in [1.54, 1.807) is 6.20 Å². The number of carboxylic acids is 1. The highest BCUT2D eigenvalue weighted by molar-refractivity contribution is 5.91. The van der Waals surface area contributed by atoms with E-state index < -0.39 is 12.1 Å². The topological polar surface area (TPSA) is 115 Å². The quantitative estimate of drug-likeness (QED) is 0.708. The number of halogens is 3. The highest BCUT2D eigenvalue weighted by Crippen LogP contribution is 2.42. The molecule has 1 unspecified atom stereocenters. The van der Waals surface area contributed by atoms with Gasteiger partial charge in [0.2, 0.25) is 0 Å². The zero-order valence-electron chi connectivity index (χ0n) is 17.7. The van der Waals surface area contributed by atoms with Crippen LogP contribution in [0.1, 0.15) is 35.4 Å². The first kappa shape index (κ1) is 24.6. The fourth-order valence-corrected chi connectivity index (χ4v) is 3.79. The van der Waals surface area contributed by atoms with Gasteiger partial charge in [-0.2, -0.15) is 13.2 Å². The molecule has 0 bridgehead atoms. The maximum Gasteiger partial charge on any atom is 0.490 e. The molecule has 4 rings (SSSR count). The van der Waals surface area contributed by atoms with Gasteiger partial charge in [0.25, 0.3) is 5.91 Å². The number of hydrogen-bond donors (Lipinski definition) is 1. The Hall–Kier alpha value is -2.99. The van der Waals surface area contributed by atoms with Gasteiger partial charge in [0.05, 0.1) is 31.6 Å². The number of nitrogens with zero attached hydrogens (tertiary/aromatic N) is 3. The summed E-state index contributed by atoms with van der Waals surface area (Å²) in [5, 5.41) is 7.12. The van der Waals surface area contributed by atoms with Crippen molar-refractivity contribution in [2.24, 2.45) is 5.41 Å². The lowest BCUT2D eigenvalue weighted by molar-refractivity contribution is -0.192. The fraction of sp³-hybridized carbons (Fsp3) is 0.524. The Bertz CT molecular complexity index is 900. The molecule has 9 nitrogen and oxygen atoms in total. The summed E-state index contributed by atoms with van der Waals surface area (Å²) in [4.78, 5) is 31.3. The number of hydrogen-bond acceptors (Lipinski definition) is 7. The molecule has 1 amide bonds. The molecule has 12 heteroatoms. The molecule has 33 heavy (non-hydrogen) atoms. The maximum atomic E-state index is 12.4. The molecule has 2 aliphatic rings. The second-order valence-electron chi connectivity index (χ2n) is 7.94. The van der Waals surface area contributed by atoms with Crippen molar-refractivity contribution < 1.29 is 41.8 Å². The van der Waals surface area contributed by atoms with Crippen molar-refractivity contribution in [1.29, 1.82) is 0 Å². The molecule has 2 aliphatic heterocycles. The van der Waals surface area contributed by atoms with E-state index in [9.17, 15) is 18.0 Å². The molecule has 0 radical (unpaired) electrons. The van der Waals surface area contributed by atoms with Crippen LogP contribution in [0.15, 0.2) is 41.5 Å². The molecule has 0 saturated carbocycles. The van der Waals surface area contributed by atoms with Crippen LogP contribution in [0, 0.1) is 5.41 Å². The summed E-state index contributed by atoms with van der Waals surface area (Å²) in [7, 11) is 0. The first-order valence-electron chi connectivity index (χ1n) is 10.3. The van der Waals surface area contributed by atoms with Gasteiger partial charge in [-0.15, -0.1) is 0 Å². The zero-order chi connectivity index (χ0) is 23.9. The number of carboxylic acid groups (broad SMARTS) is 1. The number of rotatable bonds is 5. The molecule has 2 aromatic heterocycles. The molecular formula is C21H24F3N3O6. The summed E-state index contributed by atoms with van der Waals surface area (Å²) in [6, 6.07) is 5.81. The number of piperidine rings is 1. The Morgan fingerprint density at radius 1 is 1.24 bits per heavy atom. The van der Waals surface area contributed by atoms with Gasteiger partial charge in [-0.25, -0.2) is 9.78 Å². The van der Waals surface area contributed by atoms with Gasteiger partial charge in [0, 0.05) is 19.3 Å². The fourth-order valence-electron chi connectivity index (χ4n) is 3.79. The van der Waals surface area contributed by atoms with Gasteiger partial charge in [-0.1, -0.05) is 6.07 Å². The van der Waals surface area contributed by atoms with E-state index in [0.717, 1.165) is 44.7 Å². The zero-order valence-corrected chi connectivity index (χ0v) is 17.7. The number of ether oxygens (including phenoxy) is 2. The molecular weight excluding hydrogens is 447 g/mol. The standard InChI is InChI=1S/C19H23N3O4.C2HF3O2/c23-18(17-12-25-14-21-17)22-7-4-19(5-8-22)9-16(26-13-19)11-24-10-15-3-1-2-6-20-15;3-2(4,5)1(6)7/h1-3,6,12,14,16H,4-5,7-11,13H2;(H,6,7). The molecule has 4 heterocycles. The van der Waals surface area contributed by atoms with E-state index in [1.165, 1.54) is 12.7 Å². The minimum Gasteiger partial charge on any atom is -0.475 e. The molecule has 1 N–H and O–H groups in total. The third-order valence-corrected chi connectivity index (χ3v) is 5.57. The molecule has 0 aromatic carbocycles. The van der Waals surface area contributed by atoms with Crippen LogP contribution in [0.4, 0.5) is 13.2 Å². The number of likely N-dealkylation sites (tertiary alicyclic amines) is 1. The number of alkyl halides is 3. The van der Waals surface area contributed by atoms with E-state index in [-0.39, 0.29) is 17.4 Å². The van der Waals surface area contributed by atoms with Crippen molar-refractivity contribution in [2.45, 2.75) is 38.1 Å². The molecule has 0 aliphatic carbocycles. The first-order valence-corrected chi connectivity index (χ1v) is 10.3. The summed E-state index contributed by atoms with van der Waals surface area (Å²) in [6.45, 7) is 3.30. The SMILES string of the molecule is O=C(O)C(F)(F)F.O=C(c1cocn1)N1CCC2(CC1)COC(COCc1ccccn1)C2. The molecule has 2 aromatic rings. The van der Waals surface area contributed by atoms with Crippen LogP contribution in [0.2, 0.25) is 0 Å². The number of carbonyl (C=O) groups is 2. The van der Waals surface area contributed by atoms with Crippen molar-refractivity contribution >= 4 is 11.9 Å². The van der Waals surface area contributed by atoms with Gasteiger partial charge in [0.1, 0.15) is 6.26 Å². The third-order valence-electron chi connectivity index (χ3n) is 5.57. The number of aliphatic carboxylic acids is 1. The largest absolute Gasteiger partial charge is 0.490 e. The van der Waals surface area contributed by atoms with Crippen LogP contribution in [0.25, 0.3) is 0 Å². The molecule has 2 saturated heterocycles. The average Bonchev–Trinajstić information content (AvgIpc) is 3.45. The van der Waals surface area contributed by atoms with Crippen molar-refractivity contribution in [3.8, 4) is 0 Å². The monoisotopic (exact) mass is 471 g/mol. The summed E-state index contributed by atoms with van der Waals surface area (Å²) in [6.07, 6.45) is 2.39. The summed E-state index contributed by atoms with van der Waals surface area (Å²) >= 11 is 0. The number of amides is 1. The number of aromatic nitrogens is 2. The second kappa shape index (κ2) is 10.8. The second-order valence-corrected chi connectivity index (χ2v) is 7.94. The number of oxazole rings is 1. The van der Waals surface area contributed by atoms with Crippen LogP contribution >= 0.6 is 0 Å². The minimum absolute atomic E-state index is 0.0530. The van der Waals surface area contributed by atoms with Gasteiger partial charge >= 0.3 is 12.1 Å². The van der Waals surface area contributed by atoms with Crippen molar-refractivity contribution in [3.63, 3.8) is 0 Å². The van der Waals surface area contributed by atoms with Crippen molar-refractivity contribution in [1.82, 2.24) is 14.9 Å². The van der Waals surface area contributed by atoms with Crippen LogP contribution in [-0.4, -0.2) is 70.4 Å². The Labute approximate surface area is 187 Å². The van der Waals surface area contributed by atoms with Gasteiger partial charge < -0.3 is 23.9 Å². The van der Waals surface area contributed by atoms with Crippen LogP contribution in [0.3, 0.4) is 0 Å². The van der Waals surface area contributed by atoms with E-state index >= 15 is 0 Å². The predicted molar refractivity (Wildman–Crippen MR) is 106 cm³/mol. The Balaban J connectivity index is 0.000000383. The lowest BCUT2D eigenvalue weighted by Gasteiger charge is -2.38. The lowest BCUT2D eigenvalue weighted by Crippen LogP contribution is -2.43. The smallest absolute Gasteiger partial charge is 0.475 e. The predicted octanol–water partition coefficient (Wildman–Crippen LogP) is 2.93. The summed E-state index contributed by atoms with van der Waals surface area (Å²) in [5.41, 5.74) is 1.48. The molecule has 2 fully saturated rings. The Kier molecular flexibility index (Phi) is 8.03. The van der Waals surface area contributed by atoms with Crippen LogP contribution in [0.5, 0.6) is 0 Å². The normalized spacial score (nSPS) is 19.7. The number of carbonyl (C=O) groups excluding carboxylic acids is 1. The van der Waals surface area contributed by atoms with E-state index in [1.807, 2.05) is 23.1 Å². The van der Waals surface area contributed by atoms with E-state index in [2.05, 4.69) is 9.97 Å². The van der Waals surface area contributed by atoms with Crippen LogP contribution in [-0.2, 0) is 20.9 Å². The van der Waals surface area contributed by atoms with E-state index in [0.29, 0.717) is 18.9 Å². The maximum absolute atomic E-state index is 12.4. The van der Waals surface area contributed by atoms with Gasteiger partial charge in [-0.3, -0.25) is 9.78 Å². The Morgan fingerprint density at radius 2 is 1.97 bits per heavy atom. The summed E-state index contributed by atoms with van der Waals surface area (Å²) in [5.74, 6) is -2.81. The van der Waals surface area contributed by atoms with Gasteiger partial charge in [0.15, 0.2) is 12.1 Å². The minimum atomic E-state index is -5.08. The average molecular weight is 471 g/mol. The van der Waals surface area contributed by atoms with Crippen LogP contribution < -0.4 is 0 Å². The molecule has 1 spiro atoms. The molecule has 1 atom stereocenters. The lowest BCUT2D eigenvalue weighted by atomic mass is 9.76. The highest BCUT2D eigenvalue weighted by Gasteiger charge is 2.43. The number of pyridine rings is 1. The summed E-state index contributed by atoms with van der Waals surface area (Å²) < 4.78 is 48.4. The van der Waals surface area contributed by atoms with Gasteiger partial charge in [-0.05, 0) is 36.8 Å². The third kappa shape index (κ3) is 6.99. The first-order chi connectivity index (χ1) is 15.7. The molecule has 180 valence electrons. The highest BCUT2D eigenvalue weighted by atomic mass is 19.4. The van der Waals surface area contributed by atoms with E-state index in [4.69, 9.17) is 23.8 Å². The van der Waals surface area contributed by atoms with Crippen molar-refractivity contribution in [3.05, 3.63) is 48.4 Å². The Morgan fingerprint density at radius 3 is 2.55 bits per heavy atom. The van der Waals surface area contributed by atoms with Crippen molar-refractivity contribution in [2.75, 3.05) is 26.3 Å².